The zero-order chi connectivity index (χ0) is 15.5. The molecule has 2 heterocycles. The number of thiophene rings is 1. The second kappa shape index (κ2) is 6.46. The Morgan fingerprint density at radius 3 is 2.77 bits per heavy atom. The average molecular weight is 330 g/mol. The fraction of sp³-hybridized carbons (Fsp3) is 0.188. The SMILES string of the molecule is COc1ccc(C(=O)CSc2ncnc3sc(C)cc23)cc1. The van der Waals surface area contributed by atoms with E-state index in [9.17, 15) is 4.79 Å². The van der Waals surface area contributed by atoms with Crippen LogP contribution in [-0.2, 0) is 0 Å². The molecule has 3 rings (SSSR count). The molecule has 0 aliphatic carbocycles. The molecule has 0 saturated heterocycles. The third kappa shape index (κ3) is 3.13. The van der Waals surface area contributed by atoms with Gasteiger partial charge in [0.2, 0.25) is 0 Å². The van der Waals surface area contributed by atoms with Gasteiger partial charge in [-0.15, -0.1) is 11.3 Å². The maximum Gasteiger partial charge on any atom is 0.173 e. The zero-order valence-electron chi connectivity index (χ0n) is 12.2. The molecular formula is C16H14N2O2S2. The highest BCUT2D eigenvalue weighted by atomic mass is 32.2. The summed E-state index contributed by atoms with van der Waals surface area (Å²) in [4.78, 5) is 23.0. The van der Waals surface area contributed by atoms with E-state index >= 15 is 0 Å². The van der Waals surface area contributed by atoms with Crippen molar-refractivity contribution in [3.63, 3.8) is 0 Å². The second-order valence-electron chi connectivity index (χ2n) is 4.70. The van der Waals surface area contributed by atoms with Crippen LogP contribution in [0.15, 0.2) is 41.7 Å². The number of fused-ring (bicyclic) bond motifs is 1. The second-order valence-corrected chi connectivity index (χ2v) is 6.89. The number of benzene rings is 1. The number of hydrogen-bond acceptors (Lipinski definition) is 6. The highest BCUT2D eigenvalue weighted by Gasteiger charge is 2.11. The molecule has 0 bridgehead atoms. The summed E-state index contributed by atoms with van der Waals surface area (Å²) >= 11 is 3.09. The molecule has 0 fully saturated rings. The lowest BCUT2D eigenvalue weighted by molar-refractivity contribution is 0.102. The summed E-state index contributed by atoms with van der Waals surface area (Å²) in [5.74, 6) is 1.18. The van der Waals surface area contributed by atoms with E-state index in [0.29, 0.717) is 11.3 Å². The summed E-state index contributed by atoms with van der Waals surface area (Å²) in [6, 6.07) is 9.23. The molecule has 2 aromatic heterocycles. The molecule has 112 valence electrons. The van der Waals surface area contributed by atoms with Crippen LogP contribution in [0.25, 0.3) is 10.2 Å². The van der Waals surface area contributed by atoms with Gasteiger partial charge in [-0.05, 0) is 37.3 Å². The number of aromatic nitrogens is 2. The van der Waals surface area contributed by atoms with Crippen molar-refractivity contribution in [1.82, 2.24) is 9.97 Å². The molecule has 4 nitrogen and oxygen atoms in total. The lowest BCUT2D eigenvalue weighted by atomic mass is 10.1. The van der Waals surface area contributed by atoms with Gasteiger partial charge >= 0.3 is 0 Å². The molecule has 22 heavy (non-hydrogen) atoms. The standard InChI is InChI=1S/C16H14N2O2S2/c1-10-7-13-15(17-9-18-16(13)22-10)21-8-14(19)11-3-5-12(20-2)6-4-11/h3-7,9H,8H2,1-2H3. The van der Waals surface area contributed by atoms with Crippen LogP contribution >= 0.6 is 23.1 Å². The minimum Gasteiger partial charge on any atom is -0.497 e. The predicted octanol–water partition coefficient (Wildman–Crippen LogP) is 3.98. The lowest BCUT2D eigenvalue weighted by Gasteiger charge is -2.03. The number of thioether (sulfide) groups is 1. The topological polar surface area (TPSA) is 52.1 Å². The Balaban J connectivity index is 1.74. The monoisotopic (exact) mass is 330 g/mol. The molecule has 0 aliphatic heterocycles. The smallest absolute Gasteiger partial charge is 0.173 e. The van der Waals surface area contributed by atoms with Crippen molar-refractivity contribution in [2.75, 3.05) is 12.9 Å². The molecule has 0 N–H and O–H groups in total. The minimum absolute atomic E-state index is 0.0753. The van der Waals surface area contributed by atoms with Gasteiger partial charge in [-0.25, -0.2) is 9.97 Å². The van der Waals surface area contributed by atoms with E-state index in [4.69, 9.17) is 4.74 Å². The first-order valence-electron chi connectivity index (χ1n) is 6.68. The summed E-state index contributed by atoms with van der Waals surface area (Å²) in [5.41, 5.74) is 0.681. The van der Waals surface area contributed by atoms with Crippen LogP contribution in [0.5, 0.6) is 5.75 Å². The van der Waals surface area contributed by atoms with Crippen LogP contribution in [-0.4, -0.2) is 28.6 Å². The summed E-state index contributed by atoms with van der Waals surface area (Å²) in [6.45, 7) is 2.04. The van der Waals surface area contributed by atoms with Crippen molar-refractivity contribution >= 4 is 39.1 Å². The third-order valence-electron chi connectivity index (χ3n) is 3.17. The van der Waals surface area contributed by atoms with Gasteiger partial charge in [0.25, 0.3) is 0 Å². The van der Waals surface area contributed by atoms with Crippen molar-refractivity contribution in [2.24, 2.45) is 0 Å². The van der Waals surface area contributed by atoms with Gasteiger partial charge in [0.05, 0.1) is 12.9 Å². The Morgan fingerprint density at radius 2 is 2.05 bits per heavy atom. The molecule has 0 spiro atoms. The van der Waals surface area contributed by atoms with E-state index < -0.39 is 0 Å². The normalized spacial score (nSPS) is 10.8. The van der Waals surface area contributed by atoms with Gasteiger partial charge in [0, 0.05) is 15.8 Å². The highest BCUT2D eigenvalue weighted by molar-refractivity contribution is 8.00. The molecule has 3 aromatic rings. The number of Topliss-reactive ketones (excluding diaryl/α,β-unsaturated/α-hetero) is 1. The first-order chi connectivity index (χ1) is 10.7. The number of hydrogen-bond donors (Lipinski definition) is 0. The summed E-state index contributed by atoms with van der Waals surface area (Å²) < 4.78 is 5.10. The van der Waals surface area contributed by atoms with E-state index in [1.807, 2.05) is 6.92 Å². The Kier molecular flexibility index (Phi) is 4.40. The number of nitrogens with zero attached hydrogens (tertiary/aromatic N) is 2. The summed E-state index contributed by atoms with van der Waals surface area (Å²) in [7, 11) is 1.61. The number of ketones is 1. The maximum atomic E-state index is 12.3. The van der Waals surface area contributed by atoms with Gasteiger partial charge in [0.15, 0.2) is 5.78 Å². The molecule has 0 amide bonds. The number of rotatable bonds is 5. The molecule has 0 atom stereocenters. The van der Waals surface area contributed by atoms with Gasteiger partial charge in [-0.1, -0.05) is 11.8 Å². The molecule has 0 unspecified atom stereocenters. The summed E-state index contributed by atoms with van der Waals surface area (Å²) in [5, 5.41) is 1.88. The van der Waals surface area contributed by atoms with E-state index in [1.165, 1.54) is 16.6 Å². The average Bonchev–Trinajstić information content (AvgIpc) is 2.93. The molecule has 0 saturated carbocycles. The Bertz CT molecular complexity index is 813. The molecule has 6 heteroatoms. The number of carbonyl (C=O) groups excluding carboxylic acids is 1. The van der Waals surface area contributed by atoms with Crippen molar-refractivity contribution in [2.45, 2.75) is 11.9 Å². The van der Waals surface area contributed by atoms with Gasteiger partial charge < -0.3 is 4.74 Å². The van der Waals surface area contributed by atoms with Crippen molar-refractivity contribution in [3.05, 3.63) is 47.1 Å². The lowest BCUT2D eigenvalue weighted by Crippen LogP contribution is -2.02. The van der Waals surface area contributed by atoms with Gasteiger partial charge in [-0.3, -0.25) is 4.79 Å². The van der Waals surface area contributed by atoms with Gasteiger partial charge in [-0.2, -0.15) is 0 Å². The minimum atomic E-state index is 0.0753. The van der Waals surface area contributed by atoms with Crippen LogP contribution in [0.3, 0.4) is 0 Å². The van der Waals surface area contributed by atoms with Crippen LogP contribution in [0, 0.1) is 6.92 Å². The predicted molar refractivity (Wildman–Crippen MR) is 90.2 cm³/mol. The van der Waals surface area contributed by atoms with Crippen LogP contribution in [0.4, 0.5) is 0 Å². The Morgan fingerprint density at radius 1 is 1.27 bits per heavy atom. The largest absolute Gasteiger partial charge is 0.497 e. The van der Waals surface area contributed by atoms with Crippen molar-refractivity contribution in [3.8, 4) is 5.75 Å². The van der Waals surface area contributed by atoms with Crippen LogP contribution in [0.1, 0.15) is 15.2 Å². The van der Waals surface area contributed by atoms with E-state index in [0.717, 1.165) is 21.0 Å². The number of aryl methyl sites for hydroxylation is 1. The third-order valence-corrected chi connectivity index (χ3v) is 5.13. The maximum absolute atomic E-state index is 12.3. The molecule has 0 radical (unpaired) electrons. The van der Waals surface area contributed by atoms with E-state index in [-0.39, 0.29) is 5.78 Å². The molecule has 1 aromatic carbocycles. The fourth-order valence-corrected chi connectivity index (χ4v) is 3.84. The fourth-order valence-electron chi connectivity index (χ4n) is 2.06. The van der Waals surface area contributed by atoms with Gasteiger partial charge in [0.1, 0.15) is 21.9 Å². The number of ether oxygens (including phenoxy) is 1. The highest BCUT2D eigenvalue weighted by Crippen LogP contribution is 2.30. The van der Waals surface area contributed by atoms with Crippen LogP contribution < -0.4 is 4.74 Å². The molecular weight excluding hydrogens is 316 g/mol. The van der Waals surface area contributed by atoms with Crippen LogP contribution in [0.2, 0.25) is 0 Å². The Labute approximate surface area is 136 Å². The quantitative estimate of drug-likeness (QED) is 0.402. The summed E-state index contributed by atoms with van der Waals surface area (Å²) in [6.07, 6.45) is 1.55. The number of methoxy groups -OCH3 is 1. The molecule has 0 aliphatic rings. The Hall–Kier alpha value is -1.92. The first-order valence-corrected chi connectivity index (χ1v) is 8.49. The van der Waals surface area contributed by atoms with E-state index in [2.05, 4.69) is 16.0 Å². The number of carbonyl (C=O) groups is 1. The first kappa shape index (κ1) is 15.0. The van der Waals surface area contributed by atoms with Crippen molar-refractivity contribution < 1.29 is 9.53 Å². The zero-order valence-corrected chi connectivity index (χ0v) is 13.8. The van der Waals surface area contributed by atoms with E-state index in [1.54, 1.807) is 49.0 Å². The van der Waals surface area contributed by atoms with Crippen molar-refractivity contribution in [1.29, 1.82) is 0 Å².